The Morgan fingerprint density at radius 1 is 0.513 bits per heavy atom. The van der Waals surface area contributed by atoms with E-state index >= 15 is 0 Å². The van der Waals surface area contributed by atoms with Gasteiger partial charge in [0.1, 0.15) is 0 Å². The van der Waals surface area contributed by atoms with E-state index in [0.29, 0.717) is 19.4 Å². The molecule has 0 aliphatic heterocycles. The van der Waals surface area contributed by atoms with Crippen molar-refractivity contribution >= 4 is 11.8 Å². The van der Waals surface area contributed by atoms with Crippen molar-refractivity contribution < 1.29 is 9.59 Å². The van der Waals surface area contributed by atoms with Gasteiger partial charge in [-0.05, 0) is 71.1 Å². The standard InChI is InChI=1S/C35H66N2O2/c1-4-6-8-10-12-14-16-18-20-22-24-26-28-30-34(38)36-32-33(3)37-35(39)31-29-27-25-23-21-19-17-15-13-11-9-7-5-2/h14-17,33H,4-13,18-32H2,1-3H3,(H,36,38)(H,37,39)/b16-14-,17-15-. The Bertz CT molecular complexity index is 599. The topological polar surface area (TPSA) is 58.2 Å². The van der Waals surface area contributed by atoms with E-state index in [1.807, 2.05) is 6.92 Å². The van der Waals surface area contributed by atoms with Crippen LogP contribution in [0, 0.1) is 0 Å². The van der Waals surface area contributed by atoms with E-state index in [2.05, 4.69) is 48.8 Å². The van der Waals surface area contributed by atoms with Gasteiger partial charge in [0, 0.05) is 25.4 Å². The first-order chi connectivity index (χ1) is 19.1. The molecule has 2 amide bonds. The molecule has 0 saturated carbocycles. The first-order valence-corrected chi connectivity index (χ1v) is 17.0. The highest BCUT2D eigenvalue weighted by atomic mass is 16.2. The van der Waals surface area contributed by atoms with Crippen LogP contribution in [-0.2, 0) is 9.59 Å². The van der Waals surface area contributed by atoms with Crippen molar-refractivity contribution in [2.75, 3.05) is 6.54 Å². The summed E-state index contributed by atoms with van der Waals surface area (Å²) in [6.45, 7) is 6.99. The van der Waals surface area contributed by atoms with Crippen LogP contribution in [0.4, 0.5) is 0 Å². The normalized spacial score (nSPS) is 12.4. The zero-order chi connectivity index (χ0) is 28.7. The summed E-state index contributed by atoms with van der Waals surface area (Å²) in [4.78, 5) is 24.3. The third-order valence-corrected chi connectivity index (χ3v) is 7.34. The number of amides is 2. The van der Waals surface area contributed by atoms with E-state index in [1.54, 1.807) is 0 Å². The highest BCUT2D eigenvalue weighted by Crippen LogP contribution is 2.10. The van der Waals surface area contributed by atoms with Gasteiger partial charge >= 0.3 is 0 Å². The minimum atomic E-state index is -0.0186. The Kier molecular flexibility index (Phi) is 29.7. The molecule has 0 aliphatic carbocycles. The van der Waals surface area contributed by atoms with Gasteiger partial charge in [0.05, 0.1) is 0 Å². The van der Waals surface area contributed by atoms with Crippen LogP contribution < -0.4 is 10.6 Å². The molecule has 1 unspecified atom stereocenters. The molecule has 0 fully saturated rings. The van der Waals surface area contributed by atoms with Crippen LogP contribution in [0.1, 0.15) is 175 Å². The fourth-order valence-corrected chi connectivity index (χ4v) is 4.76. The lowest BCUT2D eigenvalue weighted by molar-refractivity contribution is -0.123. The zero-order valence-electron chi connectivity index (χ0n) is 26.4. The second-order valence-corrected chi connectivity index (χ2v) is 11.5. The minimum absolute atomic E-state index is 0.0186. The Morgan fingerprint density at radius 2 is 0.872 bits per heavy atom. The minimum Gasteiger partial charge on any atom is -0.354 e. The van der Waals surface area contributed by atoms with Gasteiger partial charge in [0.15, 0.2) is 0 Å². The lowest BCUT2D eigenvalue weighted by Crippen LogP contribution is -2.41. The summed E-state index contributed by atoms with van der Waals surface area (Å²) in [6, 6.07) is -0.0186. The number of carbonyl (C=O) groups is 2. The molecule has 0 bridgehead atoms. The number of unbranched alkanes of at least 4 members (excludes halogenated alkanes) is 18. The Morgan fingerprint density at radius 3 is 1.31 bits per heavy atom. The van der Waals surface area contributed by atoms with E-state index in [1.165, 1.54) is 116 Å². The molecule has 4 nitrogen and oxygen atoms in total. The largest absolute Gasteiger partial charge is 0.354 e. The van der Waals surface area contributed by atoms with E-state index in [0.717, 1.165) is 25.7 Å². The molecule has 0 saturated heterocycles. The van der Waals surface area contributed by atoms with Crippen molar-refractivity contribution in [1.82, 2.24) is 10.6 Å². The van der Waals surface area contributed by atoms with Crippen molar-refractivity contribution in [3.8, 4) is 0 Å². The smallest absolute Gasteiger partial charge is 0.220 e. The summed E-state index contributed by atoms with van der Waals surface area (Å²) in [6.07, 6.45) is 37.7. The van der Waals surface area contributed by atoms with Crippen molar-refractivity contribution in [2.24, 2.45) is 0 Å². The number of nitrogens with one attached hydrogen (secondary N) is 2. The SMILES string of the molecule is CCCCCC/C=C\CCCCCCCC(=O)NCC(C)NC(=O)CCCCCCC/C=C\CCCCCC. The molecular weight excluding hydrogens is 480 g/mol. The van der Waals surface area contributed by atoms with Crippen molar-refractivity contribution in [2.45, 2.75) is 181 Å². The molecule has 2 N–H and O–H groups in total. The molecule has 0 spiro atoms. The molecule has 228 valence electrons. The van der Waals surface area contributed by atoms with E-state index < -0.39 is 0 Å². The van der Waals surface area contributed by atoms with E-state index in [4.69, 9.17) is 0 Å². The Balaban J connectivity index is 3.48. The summed E-state index contributed by atoms with van der Waals surface area (Å²) in [5.74, 6) is 0.211. The monoisotopic (exact) mass is 547 g/mol. The molecule has 0 aromatic heterocycles. The highest BCUT2D eigenvalue weighted by molar-refractivity contribution is 5.77. The molecule has 4 heteroatoms. The number of rotatable bonds is 29. The van der Waals surface area contributed by atoms with Crippen LogP contribution in [0.15, 0.2) is 24.3 Å². The maximum atomic E-state index is 12.2. The van der Waals surface area contributed by atoms with Gasteiger partial charge in [-0.2, -0.15) is 0 Å². The van der Waals surface area contributed by atoms with Crippen LogP contribution in [-0.4, -0.2) is 24.4 Å². The number of hydrogen-bond acceptors (Lipinski definition) is 2. The van der Waals surface area contributed by atoms with Gasteiger partial charge in [-0.15, -0.1) is 0 Å². The summed E-state index contributed by atoms with van der Waals surface area (Å²) in [5, 5.41) is 6.01. The Hall–Kier alpha value is -1.58. The zero-order valence-corrected chi connectivity index (χ0v) is 26.4. The summed E-state index contributed by atoms with van der Waals surface area (Å²) in [5.41, 5.74) is 0. The fourth-order valence-electron chi connectivity index (χ4n) is 4.76. The predicted octanol–water partition coefficient (Wildman–Crippen LogP) is 10.1. The van der Waals surface area contributed by atoms with Crippen LogP contribution >= 0.6 is 0 Å². The maximum absolute atomic E-state index is 12.2. The quantitative estimate of drug-likeness (QED) is 0.0724. The average molecular weight is 547 g/mol. The third-order valence-electron chi connectivity index (χ3n) is 7.34. The van der Waals surface area contributed by atoms with Crippen LogP contribution in [0.5, 0.6) is 0 Å². The molecule has 0 radical (unpaired) electrons. The van der Waals surface area contributed by atoms with Gasteiger partial charge in [0.2, 0.25) is 11.8 Å². The highest BCUT2D eigenvalue weighted by Gasteiger charge is 2.09. The molecule has 0 aliphatic rings. The van der Waals surface area contributed by atoms with Crippen LogP contribution in [0.3, 0.4) is 0 Å². The second-order valence-electron chi connectivity index (χ2n) is 11.5. The number of allylic oxidation sites excluding steroid dienone is 4. The van der Waals surface area contributed by atoms with E-state index in [9.17, 15) is 9.59 Å². The maximum Gasteiger partial charge on any atom is 0.220 e. The van der Waals surface area contributed by atoms with Crippen LogP contribution in [0.2, 0.25) is 0 Å². The molecule has 0 rings (SSSR count). The van der Waals surface area contributed by atoms with E-state index in [-0.39, 0.29) is 17.9 Å². The second kappa shape index (κ2) is 31.0. The van der Waals surface area contributed by atoms with Gasteiger partial charge in [-0.1, -0.05) is 115 Å². The summed E-state index contributed by atoms with van der Waals surface area (Å²) >= 11 is 0. The molecular formula is C35H66N2O2. The van der Waals surface area contributed by atoms with Gasteiger partial charge in [0.25, 0.3) is 0 Å². The lowest BCUT2D eigenvalue weighted by atomic mass is 10.1. The lowest BCUT2D eigenvalue weighted by Gasteiger charge is -2.15. The molecule has 0 aromatic carbocycles. The average Bonchev–Trinajstić information content (AvgIpc) is 2.92. The molecule has 0 aromatic rings. The van der Waals surface area contributed by atoms with Gasteiger partial charge in [-0.25, -0.2) is 0 Å². The van der Waals surface area contributed by atoms with Crippen molar-refractivity contribution in [1.29, 1.82) is 0 Å². The summed E-state index contributed by atoms with van der Waals surface area (Å²) < 4.78 is 0. The number of carbonyl (C=O) groups excluding carboxylic acids is 2. The first-order valence-electron chi connectivity index (χ1n) is 17.0. The van der Waals surface area contributed by atoms with Crippen LogP contribution in [0.25, 0.3) is 0 Å². The molecule has 39 heavy (non-hydrogen) atoms. The molecule has 1 atom stereocenters. The third kappa shape index (κ3) is 30.8. The number of hydrogen-bond donors (Lipinski definition) is 2. The summed E-state index contributed by atoms with van der Waals surface area (Å²) in [7, 11) is 0. The predicted molar refractivity (Wildman–Crippen MR) is 171 cm³/mol. The van der Waals surface area contributed by atoms with Gasteiger partial charge < -0.3 is 10.6 Å². The van der Waals surface area contributed by atoms with Crippen molar-refractivity contribution in [3.05, 3.63) is 24.3 Å². The molecule has 0 heterocycles. The first kappa shape index (κ1) is 37.4. The van der Waals surface area contributed by atoms with Gasteiger partial charge in [-0.3, -0.25) is 9.59 Å². The Labute approximate surface area is 243 Å². The fraction of sp³-hybridized carbons (Fsp3) is 0.829. The van der Waals surface area contributed by atoms with Crippen molar-refractivity contribution in [3.63, 3.8) is 0 Å².